The molecule has 0 N–H and O–H groups in total. The lowest BCUT2D eigenvalue weighted by molar-refractivity contribution is 0.814. The van der Waals surface area contributed by atoms with Crippen LogP contribution in [0.4, 0.5) is 0 Å². The summed E-state index contributed by atoms with van der Waals surface area (Å²) in [5, 5.41) is 1.43. The van der Waals surface area contributed by atoms with Crippen LogP contribution in [0.2, 0.25) is 0 Å². The van der Waals surface area contributed by atoms with Gasteiger partial charge in [0.1, 0.15) is 0 Å². The van der Waals surface area contributed by atoms with Crippen LogP contribution in [-0.2, 0) is 0 Å². The first-order valence-electron chi connectivity index (χ1n) is 7.61. The zero-order valence-electron chi connectivity index (χ0n) is 12.8. The van der Waals surface area contributed by atoms with E-state index in [1.54, 1.807) is 16.3 Å². The molecule has 0 unspecified atom stereocenters. The van der Waals surface area contributed by atoms with Crippen molar-refractivity contribution in [3.63, 3.8) is 0 Å². The number of halogens is 1. The minimum atomic E-state index is -0.00119. The Hall–Kier alpha value is -1.34. The summed E-state index contributed by atoms with van der Waals surface area (Å²) in [5.74, 6) is 0.964. The zero-order valence-corrected chi connectivity index (χ0v) is 15.8. The van der Waals surface area contributed by atoms with E-state index in [-0.39, 0.29) is 5.56 Å². The third-order valence-corrected chi connectivity index (χ3v) is 5.24. The molecule has 118 valence electrons. The second-order valence-electron chi connectivity index (χ2n) is 5.23. The molecule has 0 saturated carbocycles. The van der Waals surface area contributed by atoms with Gasteiger partial charge in [-0.05, 0) is 59.3 Å². The summed E-state index contributed by atoms with van der Waals surface area (Å²) in [6.07, 6.45) is 2.24. The number of hydrogen-bond acceptors (Lipinski definition) is 3. The average Bonchev–Trinajstić information content (AvgIpc) is 2.57. The van der Waals surface area contributed by atoms with Crippen LogP contribution in [0.5, 0.6) is 0 Å². The molecule has 0 atom stereocenters. The smallest absolute Gasteiger partial charge is 0.266 e. The molecule has 5 heteroatoms. The van der Waals surface area contributed by atoms with E-state index in [2.05, 4.69) is 29.5 Å². The fourth-order valence-corrected chi connectivity index (χ4v) is 3.93. The van der Waals surface area contributed by atoms with Crippen LogP contribution < -0.4 is 5.56 Å². The van der Waals surface area contributed by atoms with Gasteiger partial charge in [-0.1, -0.05) is 43.3 Å². The van der Waals surface area contributed by atoms with E-state index in [1.807, 2.05) is 48.5 Å². The van der Waals surface area contributed by atoms with Gasteiger partial charge in [-0.25, -0.2) is 4.98 Å². The summed E-state index contributed by atoms with van der Waals surface area (Å²) in [7, 11) is 0. The fourth-order valence-electron chi connectivity index (χ4n) is 2.35. The first-order valence-corrected chi connectivity index (χ1v) is 9.67. The number of unbranched alkanes of at least 4 members (excludes halogenated alkanes) is 1. The molecular formula is C18H17IN2OS. The third kappa shape index (κ3) is 3.61. The highest BCUT2D eigenvalue weighted by molar-refractivity contribution is 14.1. The van der Waals surface area contributed by atoms with Crippen LogP contribution in [0, 0.1) is 3.57 Å². The van der Waals surface area contributed by atoms with Gasteiger partial charge in [0.2, 0.25) is 0 Å². The van der Waals surface area contributed by atoms with Gasteiger partial charge in [-0.3, -0.25) is 9.36 Å². The van der Waals surface area contributed by atoms with Crippen molar-refractivity contribution < 1.29 is 0 Å². The summed E-state index contributed by atoms with van der Waals surface area (Å²) in [5.41, 5.74) is 1.63. The molecular weight excluding hydrogens is 419 g/mol. The molecule has 0 saturated heterocycles. The summed E-state index contributed by atoms with van der Waals surface area (Å²) >= 11 is 3.88. The Morgan fingerprint density at radius 3 is 2.70 bits per heavy atom. The maximum atomic E-state index is 13.0. The van der Waals surface area contributed by atoms with Crippen LogP contribution >= 0.6 is 34.4 Å². The SMILES string of the molecule is CCCCSc1nc2ccc(I)cc2c(=O)n1-c1ccccc1. The molecule has 0 radical (unpaired) electrons. The topological polar surface area (TPSA) is 34.9 Å². The summed E-state index contributed by atoms with van der Waals surface area (Å²) in [4.78, 5) is 17.8. The summed E-state index contributed by atoms with van der Waals surface area (Å²) in [6, 6.07) is 15.6. The largest absolute Gasteiger partial charge is 0.268 e. The minimum Gasteiger partial charge on any atom is -0.268 e. The van der Waals surface area contributed by atoms with Crippen molar-refractivity contribution in [3.05, 3.63) is 62.5 Å². The number of aromatic nitrogens is 2. The molecule has 0 amide bonds. The molecule has 0 aliphatic rings. The van der Waals surface area contributed by atoms with Crippen molar-refractivity contribution in [2.45, 2.75) is 24.9 Å². The predicted molar refractivity (Wildman–Crippen MR) is 106 cm³/mol. The molecule has 0 fully saturated rings. The highest BCUT2D eigenvalue weighted by Crippen LogP contribution is 2.23. The Balaban J connectivity index is 2.22. The molecule has 0 aliphatic carbocycles. The first-order chi connectivity index (χ1) is 11.2. The van der Waals surface area contributed by atoms with Crippen molar-refractivity contribution in [1.82, 2.24) is 9.55 Å². The highest BCUT2D eigenvalue weighted by Gasteiger charge is 2.13. The molecule has 0 spiro atoms. The Labute approximate surface area is 153 Å². The number of para-hydroxylation sites is 1. The van der Waals surface area contributed by atoms with E-state index < -0.39 is 0 Å². The van der Waals surface area contributed by atoms with Gasteiger partial charge in [0.25, 0.3) is 5.56 Å². The van der Waals surface area contributed by atoms with Gasteiger partial charge in [0.05, 0.1) is 16.6 Å². The van der Waals surface area contributed by atoms with Crippen molar-refractivity contribution >= 4 is 45.3 Å². The van der Waals surface area contributed by atoms with Gasteiger partial charge < -0.3 is 0 Å². The third-order valence-electron chi connectivity index (χ3n) is 3.54. The molecule has 1 aromatic heterocycles. The molecule has 3 aromatic rings. The van der Waals surface area contributed by atoms with Gasteiger partial charge >= 0.3 is 0 Å². The van der Waals surface area contributed by atoms with Crippen molar-refractivity contribution in [2.24, 2.45) is 0 Å². The molecule has 2 aromatic carbocycles. The van der Waals surface area contributed by atoms with E-state index in [0.717, 1.165) is 38.5 Å². The van der Waals surface area contributed by atoms with Crippen LogP contribution in [0.1, 0.15) is 19.8 Å². The van der Waals surface area contributed by atoms with E-state index in [1.165, 1.54) is 0 Å². The molecule has 1 heterocycles. The quantitative estimate of drug-likeness (QED) is 0.248. The lowest BCUT2D eigenvalue weighted by Gasteiger charge is -2.13. The predicted octanol–water partition coefficient (Wildman–Crippen LogP) is 4.88. The van der Waals surface area contributed by atoms with Crippen LogP contribution in [0.3, 0.4) is 0 Å². The number of thioether (sulfide) groups is 1. The summed E-state index contributed by atoms with van der Waals surface area (Å²) in [6.45, 7) is 2.17. The van der Waals surface area contributed by atoms with Crippen LogP contribution in [0.15, 0.2) is 58.5 Å². The fraction of sp³-hybridized carbons (Fsp3) is 0.222. The van der Waals surface area contributed by atoms with Crippen molar-refractivity contribution in [3.8, 4) is 5.69 Å². The minimum absolute atomic E-state index is 0.00119. The van der Waals surface area contributed by atoms with Gasteiger partial charge in [-0.15, -0.1) is 0 Å². The molecule has 3 rings (SSSR count). The lowest BCUT2D eigenvalue weighted by Crippen LogP contribution is -2.21. The van der Waals surface area contributed by atoms with Gasteiger partial charge in [-0.2, -0.15) is 0 Å². The Bertz CT molecular complexity index is 877. The molecule has 3 nitrogen and oxygen atoms in total. The normalized spacial score (nSPS) is 11.0. The number of benzene rings is 2. The Morgan fingerprint density at radius 2 is 1.96 bits per heavy atom. The van der Waals surface area contributed by atoms with Crippen LogP contribution in [0.25, 0.3) is 16.6 Å². The monoisotopic (exact) mass is 436 g/mol. The molecule has 0 aliphatic heterocycles. The van der Waals surface area contributed by atoms with Gasteiger partial charge in [0, 0.05) is 9.32 Å². The standard InChI is InChI=1S/C18H17IN2OS/c1-2-3-11-23-18-20-16-10-9-13(19)12-15(16)17(22)21(18)14-7-5-4-6-8-14/h4-10,12H,2-3,11H2,1H3. The Kier molecular flexibility index (Phi) is 5.38. The first kappa shape index (κ1) is 16.5. The van der Waals surface area contributed by atoms with E-state index in [9.17, 15) is 4.79 Å². The van der Waals surface area contributed by atoms with Crippen molar-refractivity contribution in [1.29, 1.82) is 0 Å². The zero-order chi connectivity index (χ0) is 16.2. The van der Waals surface area contributed by atoms with Gasteiger partial charge in [0.15, 0.2) is 5.16 Å². The maximum Gasteiger partial charge on any atom is 0.266 e. The van der Waals surface area contributed by atoms with E-state index in [0.29, 0.717) is 5.39 Å². The lowest BCUT2D eigenvalue weighted by atomic mass is 10.2. The van der Waals surface area contributed by atoms with Crippen LogP contribution in [-0.4, -0.2) is 15.3 Å². The number of nitrogens with zero attached hydrogens (tertiary/aromatic N) is 2. The van der Waals surface area contributed by atoms with E-state index >= 15 is 0 Å². The highest BCUT2D eigenvalue weighted by atomic mass is 127. The number of hydrogen-bond donors (Lipinski definition) is 0. The average molecular weight is 436 g/mol. The maximum absolute atomic E-state index is 13.0. The van der Waals surface area contributed by atoms with Crippen molar-refractivity contribution in [2.75, 3.05) is 5.75 Å². The Morgan fingerprint density at radius 1 is 1.17 bits per heavy atom. The number of fused-ring (bicyclic) bond motifs is 1. The second-order valence-corrected chi connectivity index (χ2v) is 7.54. The molecule has 0 bridgehead atoms. The summed E-state index contributed by atoms with van der Waals surface area (Å²) < 4.78 is 2.78. The van der Waals surface area contributed by atoms with E-state index in [4.69, 9.17) is 4.98 Å². The number of rotatable bonds is 5. The molecule has 23 heavy (non-hydrogen) atoms. The second kappa shape index (κ2) is 7.49.